The minimum absolute atomic E-state index is 0.106. The summed E-state index contributed by atoms with van der Waals surface area (Å²) in [6.45, 7) is 1.77. The van der Waals surface area contributed by atoms with Crippen LogP contribution in [-0.4, -0.2) is 22.6 Å². The van der Waals surface area contributed by atoms with Crippen molar-refractivity contribution in [1.29, 1.82) is 0 Å². The Bertz CT molecular complexity index is 1120. The standard InChI is InChI=1S/C22H21ClFNO4S/c1-15(16-4-8-18(28-2)9-5-16)25(17-6-10-19(29-3)11-7-17)30(26,27)20-12-13-22(24)21(23)14-20/h4-15H,1-3H3. The zero-order valence-electron chi connectivity index (χ0n) is 16.7. The van der Waals surface area contributed by atoms with Gasteiger partial charge in [-0.15, -0.1) is 0 Å². The van der Waals surface area contributed by atoms with Gasteiger partial charge in [-0.05, 0) is 67.1 Å². The fourth-order valence-electron chi connectivity index (χ4n) is 3.07. The number of nitrogens with zero attached hydrogens (tertiary/aromatic N) is 1. The van der Waals surface area contributed by atoms with Crippen LogP contribution in [0.3, 0.4) is 0 Å². The van der Waals surface area contributed by atoms with Gasteiger partial charge in [-0.25, -0.2) is 12.8 Å². The molecule has 5 nitrogen and oxygen atoms in total. The van der Waals surface area contributed by atoms with Crippen molar-refractivity contribution in [3.63, 3.8) is 0 Å². The number of anilines is 1. The molecule has 8 heteroatoms. The summed E-state index contributed by atoms with van der Waals surface area (Å²) in [6.07, 6.45) is 0. The van der Waals surface area contributed by atoms with E-state index in [4.69, 9.17) is 21.1 Å². The smallest absolute Gasteiger partial charge is 0.264 e. The SMILES string of the molecule is COc1ccc(C(C)N(c2ccc(OC)cc2)S(=O)(=O)c2ccc(F)c(Cl)c2)cc1. The Kier molecular flexibility index (Phi) is 6.53. The van der Waals surface area contributed by atoms with Crippen LogP contribution in [-0.2, 0) is 10.0 Å². The largest absolute Gasteiger partial charge is 0.497 e. The summed E-state index contributed by atoms with van der Waals surface area (Å²) in [6, 6.07) is 16.6. The molecule has 1 unspecified atom stereocenters. The number of halogens is 2. The molecule has 0 radical (unpaired) electrons. The summed E-state index contributed by atoms with van der Waals surface area (Å²) in [7, 11) is -0.974. The van der Waals surface area contributed by atoms with E-state index in [2.05, 4.69) is 0 Å². The molecular weight excluding hydrogens is 429 g/mol. The molecule has 0 saturated carbocycles. The molecule has 0 aromatic heterocycles. The summed E-state index contributed by atoms with van der Waals surface area (Å²) >= 11 is 5.85. The third-order valence-corrected chi connectivity index (χ3v) is 6.91. The lowest BCUT2D eigenvalue weighted by Crippen LogP contribution is -2.33. The number of benzene rings is 3. The lowest BCUT2D eigenvalue weighted by atomic mass is 10.1. The maximum atomic E-state index is 13.6. The average molecular weight is 450 g/mol. The van der Waals surface area contributed by atoms with Gasteiger partial charge in [0.25, 0.3) is 10.0 Å². The van der Waals surface area contributed by atoms with Crippen molar-refractivity contribution >= 4 is 27.3 Å². The lowest BCUT2D eigenvalue weighted by molar-refractivity contribution is 0.414. The molecule has 3 rings (SSSR count). The molecule has 0 saturated heterocycles. The van der Waals surface area contributed by atoms with Crippen molar-refractivity contribution in [3.05, 3.63) is 83.1 Å². The van der Waals surface area contributed by atoms with Crippen LogP contribution in [0.2, 0.25) is 5.02 Å². The highest BCUT2D eigenvalue weighted by molar-refractivity contribution is 7.92. The maximum Gasteiger partial charge on any atom is 0.264 e. The van der Waals surface area contributed by atoms with Crippen molar-refractivity contribution in [2.75, 3.05) is 18.5 Å². The van der Waals surface area contributed by atoms with E-state index in [0.717, 1.165) is 17.7 Å². The summed E-state index contributed by atoms with van der Waals surface area (Å²) in [5.74, 6) is 0.572. The Morgan fingerprint density at radius 3 is 1.93 bits per heavy atom. The fraction of sp³-hybridized carbons (Fsp3) is 0.182. The first-order valence-corrected chi connectivity index (χ1v) is 10.9. The lowest BCUT2D eigenvalue weighted by Gasteiger charge is -2.31. The maximum absolute atomic E-state index is 13.6. The first-order valence-electron chi connectivity index (χ1n) is 9.05. The van der Waals surface area contributed by atoms with Crippen molar-refractivity contribution in [1.82, 2.24) is 0 Å². The van der Waals surface area contributed by atoms with Gasteiger partial charge in [-0.3, -0.25) is 4.31 Å². The van der Waals surface area contributed by atoms with Crippen LogP contribution in [0.1, 0.15) is 18.5 Å². The average Bonchev–Trinajstić information content (AvgIpc) is 2.76. The highest BCUT2D eigenvalue weighted by Gasteiger charge is 2.31. The van der Waals surface area contributed by atoms with Crippen LogP contribution in [0, 0.1) is 5.82 Å². The van der Waals surface area contributed by atoms with Gasteiger partial charge in [0, 0.05) is 0 Å². The molecule has 0 bridgehead atoms. The van der Waals surface area contributed by atoms with Crippen molar-refractivity contribution in [2.45, 2.75) is 17.9 Å². The Morgan fingerprint density at radius 1 is 0.900 bits per heavy atom. The highest BCUT2D eigenvalue weighted by atomic mass is 35.5. The molecule has 0 fully saturated rings. The summed E-state index contributed by atoms with van der Waals surface area (Å²) in [5, 5.41) is -0.261. The van der Waals surface area contributed by atoms with Crippen LogP contribution in [0.4, 0.5) is 10.1 Å². The van der Waals surface area contributed by atoms with Gasteiger partial charge in [-0.2, -0.15) is 0 Å². The molecule has 3 aromatic rings. The molecule has 3 aromatic carbocycles. The Morgan fingerprint density at radius 2 is 1.43 bits per heavy atom. The zero-order chi connectivity index (χ0) is 21.9. The zero-order valence-corrected chi connectivity index (χ0v) is 18.2. The molecule has 158 valence electrons. The number of ether oxygens (including phenoxy) is 2. The van der Waals surface area contributed by atoms with Gasteiger partial charge in [0.15, 0.2) is 0 Å². The molecule has 0 N–H and O–H groups in total. The van der Waals surface area contributed by atoms with Crippen LogP contribution < -0.4 is 13.8 Å². The second-order valence-corrected chi connectivity index (χ2v) is 8.75. The van der Waals surface area contributed by atoms with E-state index < -0.39 is 21.9 Å². The van der Waals surface area contributed by atoms with Gasteiger partial charge >= 0.3 is 0 Å². The molecule has 0 amide bonds. The molecule has 30 heavy (non-hydrogen) atoms. The van der Waals surface area contributed by atoms with Gasteiger partial charge in [0.05, 0.1) is 35.9 Å². The Hall–Kier alpha value is -2.77. The van der Waals surface area contributed by atoms with Crippen LogP contribution >= 0.6 is 11.6 Å². The van der Waals surface area contributed by atoms with Gasteiger partial charge < -0.3 is 9.47 Å². The number of hydrogen-bond acceptors (Lipinski definition) is 4. The first-order chi connectivity index (χ1) is 14.3. The molecular formula is C22H21ClFNO4S. The van der Waals surface area contributed by atoms with Crippen LogP contribution in [0.15, 0.2) is 71.6 Å². The van der Waals surface area contributed by atoms with Crippen molar-refractivity contribution in [2.24, 2.45) is 0 Å². The fourth-order valence-corrected chi connectivity index (χ4v) is 4.98. The Balaban J connectivity index is 2.13. The predicted molar refractivity (Wildman–Crippen MR) is 115 cm³/mol. The minimum Gasteiger partial charge on any atom is -0.497 e. The van der Waals surface area contributed by atoms with Gasteiger partial charge in [0.2, 0.25) is 0 Å². The van der Waals surface area contributed by atoms with Gasteiger partial charge in [0.1, 0.15) is 17.3 Å². The first kappa shape index (κ1) is 21.9. The summed E-state index contributed by atoms with van der Waals surface area (Å²) < 4.78 is 52.4. The normalized spacial score (nSPS) is 12.3. The summed E-state index contributed by atoms with van der Waals surface area (Å²) in [4.78, 5) is -0.106. The van der Waals surface area contributed by atoms with Crippen LogP contribution in [0.5, 0.6) is 11.5 Å². The number of rotatable bonds is 7. The second-order valence-electron chi connectivity index (χ2n) is 6.52. The van der Waals surface area contributed by atoms with E-state index >= 15 is 0 Å². The highest BCUT2D eigenvalue weighted by Crippen LogP contribution is 2.35. The monoisotopic (exact) mass is 449 g/mol. The predicted octanol–water partition coefficient (Wildman–Crippen LogP) is 5.45. The van der Waals surface area contributed by atoms with E-state index in [0.29, 0.717) is 17.2 Å². The molecule has 0 aliphatic heterocycles. The van der Waals surface area contributed by atoms with E-state index in [1.807, 2.05) is 0 Å². The Labute approximate surface area is 180 Å². The summed E-state index contributed by atoms with van der Waals surface area (Å²) in [5.41, 5.74) is 1.18. The van der Waals surface area contributed by atoms with Crippen molar-refractivity contribution < 1.29 is 22.3 Å². The van der Waals surface area contributed by atoms with E-state index in [-0.39, 0.29) is 9.92 Å². The third-order valence-electron chi connectivity index (χ3n) is 4.72. The minimum atomic E-state index is -4.07. The van der Waals surface area contributed by atoms with Gasteiger partial charge in [-0.1, -0.05) is 23.7 Å². The topological polar surface area (TPSA) is 55.8 Å². The number of hydrogen-bond donors (Lipinski definition) is 0. The molecule has 0 spiro atoms. The second kappa shape index (κ2) is 8.93. The third kappa shape index (κ3) is 4.37. The van der Waals surface area contributed by atoms with E-state index in [1.165, 1.54) is 17.5 Å². The van der Waals surface area contributed by atoms with Crippen molar-refractivity contribution in [3.8, 4) is 11.5 Å². The number of sulfonamides is 1. The van der Waals surface area contributed by atoms with E-state index in [9.17, 15) is 12.8 Å². The molecule has 0 aliphatic rings. The van der Waals surface area contributed by atoms with Crippen LogP contribution in [0.25, 0.3) is 0 Å². The molecule has 0 heterocycles. The number of methoxy groups -OCH3 is 2. The van der Waals surface area contributed by atoms with E-state index in [1.54, 1.807) is 62.6 Å². The quantitative estimate of drug-likeness (QED) is 0.481. The molecule has 0 aliphatic carbocycles. The molecule has 1 atom stereocenters.